The van der Waals surface area contributed by atoms with Gasteiger partial charge in [0.15, 0.2) is 0 Å². The summed E-state index contributed by atoms with van der Waals surface area (Å²) in [6, 6.07) is 0. The van der Waals surface area contributed by atoms with E-state index in [0.717, 1.165) is 12.8 Å². The van der Waals surface area contributed by atoms with Crippen molar-refractivity contribution in [1.29, 1.82) is 0 Å². The minimum absolute atomic E-state index is 0.0677. The smallest absolute Gasteiger partial charge is 0.300 e. The van der Waals surface area contributed by atoms with Gasteiger partial charge in [-0.3, -0.25) is 9.41 Å². The van der Waals surface area contributed by atoms with Crippen LogP contribution in [0, 0.1) is 0 Å². The molecule has 0 rings (SSSR count). The summed E-state index contributed by atoms with van der Waals surface area (Å²) in [6.07, 6.45) is 8.84. The Kier molecular flexibility index (Phi) is 11.5. The number of carbonyl (C=O) groups excluding carboxylic acids is 1. The van der Waals surface area contributed by atoms with Crippen LogP contribution in [-0.2, 0) is 23.4 Å². The highest BCUT2D eigenvalue weighted by molar-refractivity contribution is 7.47. The molecule has 0 saturated heterocycles. The largest absolute Gasteiger partial charge is 0.508 e. The van der Waals surface area contributed by atoms with Gasteiger partial charge in [0.2, 0.25) is 0 Å². The zero-order valence-corrected chi connectivity index (χ0v) is 13.9. The summed E-state index contributed by atoms with van der Waals surface area (Å²) in [6.45, 7) is 6.98. The summed E-state index contributed by atoms with van der Waals surface area (Å²) < 4.78 is 20.1. The maximum atomic E-state index is 11.4. The maximum absolute atomic E-state index is 11.4. The molecule has 0 aromatic heterocycles. The molecule has 0 fully saturated rings. The van der Waals surface area contributed by atoms with Crippen LogP contribution >= 0.6 is 7.82 Å². The minimum atomic E-state index is -4.34. The van der Waals surface area contributed by atoms with Crippen molar-refractivity contribution in [2.45, 2.75) is 65.2 Å². The monoisotopic (exact) mass is 322 g/mol. The van der Waals surface area contributed by atoms with Gasteiger partial charge in [-0.2, -0.15) is 0 Å². The van der Waals surface area contributed by atoms with Gasteiger partial charge in [-0.25, -0.2) is 9.36 Å². The zero-order chi connectivity index (χ0) is 16.1. The number of carbonyl (C=O) groups is 1. The topological polar surface area (TPSA) is 82.1 Å². The van der Waals surface area contributed by atoms with Gasteiger partial charge >= 0.3 is 13.8 Å². The third-order valence-corrected chi connectivity index (χ3v) is 3.58. The molecular weight excluding hydrogens is 295 g/mol. The average molecular weight is 322 g/mol. The molecule has 7 heteroatoms. The molecule has 124 valence electrons. The van der Waals surface area contributed by atoms with E-state index in [4.69, 9.17) is 0 Å². The van der Waals surface area contributed by atoms with Gasteiger partial charge in [0.05, 0.1) is 6.61 Å². The lowest BCUT2D eigenvalue weighted by molar-refractivity contribution is -0.218. The third-order valence-electron chi connectivity index (χ3n) is 2.81. The van der Waals surface area contributed by atoms with Crippen molar-refractivity contribution < 1.29 is 28.3 Å². The highest BCUT2D eigenvalue weighted by Crippen LogP contribution is 2.43. The Morgan fingerprint density at radius 1 is 1.10 bits per heavy atom. The van der Waals surface area contributed by atoms with Crippen molar-refractivity contribution in [3.63, 3.8) is 0 Å². The van der Waals surface area contributed by atoms with E-state index in [1.807, 2.05) is 0 Å². The number of phosphoric ester groups is 1. The molecule has 1 N–H and O–H groups in total. The Balaban J connectivity index is 3.55. The van der Waals surface area contributed by atoms with E-state index in [-0.39, 0.29) is 12.2 Å². The van der Waals surface area contributed by atoms with Crippen molar-refractivity contribution in [3.05, 3.63) is 12.2 Å². The first-order valence-corrected chi connectivity index (χ1v) is 8.92. The predicted molar refractivity (Wildman–Crippen MR) is 80.4 cm³/mol. The molecule has 21 heavy (non-hydrogen) atoms. The molecule has 1 unspecified atom stereocenters. The standard InChI is InChI=1S/C14H27O6P/c1-4-5-6-7-8-9-10-11-12-18-21(16,17)20-19-14(15)13(2)3/h2,4-12H2,1,3H3,(H,16,17). The van der Waals surface area contributed by atoms with E-state index < -0.39 is 13.8 Å². The maximum Gasteiger partial charge on any atom is 0.508 e. The van der Waals surface area contributed by atoms with E-state index in [1.165, 1.54) is 39.0 Å². The number of phosphoric acid groups is 1. The summed E-state index contributed by atoms with van der Waals surface area (Å²) in [7, 11) is -4.34. The summed E-state index contributed by atoms with van der Waals surface area (Å²) in [4.78, 5) is 24.4. The zero-order valence-electron chi connectivity index (χ0n) is 13.0. The van der Waals surface area contributed by atoms with Gasteiger partial charge < -0.3 is 4.89 Å². The highest BCUT2D eigenvalue weighted by atomic mass is 31.2. The van der Waals surface area contributed by atoms with Gasteiger partial charge in [0, 0.05) is 5.57 Å². The van der Waals surface area contributed by atoms with E-state index in [9.17, 15) is 14.3 Å². The molecule has 0 aliphatic rings. The van der Waals surface area contributed by atoms with Gasteiger partial charge in [-0.15, -0.1) is 0 Å². The van der Waals surface area contributed by atoms with Crippen molar-refractivity contribution >= 4 is 13.8 Å². The third kappa shape index (κ3) is 12.8. The predicted octanol–water partition coefficient (Wildman–Crippen LogP) is 4.30. The first-order valence-electron chi connectivity index (χ1n) is 7.42. The second-order valence-corrected chi connectivity index (χ2v) is 6.35. The molecule has 1 atom stereocenters. The van der Waals surface area contributed by atoms with Gasteiger partial charge in [0.1, 0.15) is 0 Å². The van der Waals surface area contributed by atoms with Gasteiger partial charge in [-0.1, -0.05) is 63.1 Å². The molecule has 0 aliphatic carbocycles. The van der Waals surface area contributed by atoms with E-state index in [0.29, 0.717) is 6.42 Å². The molecular formula is C14H27O6P. The fourth-order valence-electron chi connectivity index (χ4n) is 1.59. The Morgan fingerprint density at radius 2 is 1.62 bits per heavy atom. The first kappa shape index (κ1) is 20.3. The Morgan fingerprint density at radius 3 is 2.14 bits per heavy atom. The van der Waals surface area contributed by atoms with Gasteiger partial charge in [0.25, 0.3) is 0 Å². The van der Waals surface area contributed by atoms with Crippen LogP contribution in [0.15, 0.2) is 12.2 Å². The fourth-order valence-corrected chi connectivity index (χ4v) is 2.15. The molecule has 0 bridgehead atoms. The summed E-state index contributed by atoms with van der Waals surface area (Å²) in [5.74, 6) is -0.903. The Bertz CT molecular complexity index is 355. The minimum Gasteiger partial charge on any atom is -0.300 e. The molecule has 0 spiro atoms. The Hall–Kier alpha value is -0.680. The van der Waals surface area contributed by atoms with Crippen molar-refractivity contribution in [2.24, 2.45) is 0 Å². The van der Waals surface area contributed by atoms with E-state index >= 15 is 0 Å². The van der Waals surface area contributed by atoms with Crippen LogP contribution in [0.25, 0.3) is 0 Å². The van der Waals surface area contributed by atoms with Gasteiger partial charge in [-0.05, 0) is 13.3 Å². The van der Waals surface area contributed by atoms with Crippen molar-refractivity contribution in [3.8, 4) is 0 Å². The molecule has 0 saturated carbocycles. The fraction of sp³-hybridized carbons (Fsp3) is 0.786. The highest BCUT2D eigenvalue weighted by Gasteiger charge is 2.24. The first-order chi connectivity index (χ1) is 9.89. The van der Waals surface area contributed by atoms with Crippen LogP contribution in [0.4, 0.5) is 0 Å². The molecule has 0 aliphatic heterocycles. The van der Waals surface area contributed by atoms with Crippen LogP contribution in [0.2, 0.25) is 0 Å². The van der Waals surface area contributed by atoms with Crippen LogP contribution in [0.1, 0.15) is 65.2 Å². The van der Waals surface area contributed by atoms with E-state index in [2.05, 4.69) is 27.6 Å². The Labute approximate surface area is 127 Å². The van der Waals surface area contributed by atoms with Crippen molar-refractivity contribution in [2.75, 3.05) is 6.61 Å². The summed E-state index contributed by atoms with van der Waals surface area (Å²) in [5, 5.41) is 0. The molecule has 0 aromatic rings. The lowest BCUT2D eigenvalue weighted by Crippen LogP contribution is -2.06. The molecule has 0 radical (unpaired) electrons. The lowest BCUT2D eigenvalue weighted by atomic mass is 10.1. The number of hydrogen-bond donors (Lipinski definition) is 1. The summed E-state index contributed by atoms with van der Waals surface area (Å²) in [5.41, 5.74) is 0.0677. The van der Waals surface area contributed by atoms with Crippen molar-refractivity contribution in [1.82, 2.24) is 0 Å². The average Bonchev–Trinajstić information content (AvgIpc) is 2.43. The second kappa shape index (κ2) is 11.9. The number of rotatable bonds is 13. The quantitative estimate of drug-likeness (QED) is 0.179. The van der Waals surface area contributed by atoms with Crippen LogP contribution in [-0.4, -0.2) is 17.5 Å². The van der Waals surface area contributed by atoms with E-state index in [1.54, 1.807) is 0 Å². The number of unbranched alkanes of at least 4 members (excludes halogenated alkanes) is 7. The lowest BCUT2D eigenvalue weighted by Gasteiger charge is -2.10. The second-order valence-electron chi connectivity index (χ2n) is 5.00. The molecule has 0 amide bonds. The molecule has 0 aromatic carbocycles. The molecule has 0 heterocycles. The molecule has 6 nitrogen and oxygen atoms in total. The SMILES string of the molecule is C=C(C)C(=O)OOP(=O)(O)OCCCCCCCCCC. The van der Waals surface area contributed by atoms with Crippen LogP contribution < -0.4 is 0 Å². The van der Waals surface area contributed by atoms with Crippen LogP contribution in [0.5, 0.6) is 0 Å². The van der Waals surface area contributed by atoms with Crippen LogP contribution in [0.3, 0.4) is 0 Å². The summed E-state index contributed by atoms with van der Waals surface area (Å²) >= 11 is 0. The normalized spacial score (nSPS) is 13.7. The number of hydrogen-bond acceptors (Lipinski definition) is 5.